The molecule has 0 amide bonds. The fraction of sp³-hybridized carbons (Fsp3) is 0.812. The molecule has 3 nitrogen and oxygen atoms in total. The number of rotatable bonds is 5. The van der Waals surface area contributed by atoms with Crippen LogP contribution >= 0.6 is 11.6 Å². The van der Waals surface area contributed by atoms with E-state index in [-0.39, 0.29) is 0 Å². The molecule has 0 radical (unpaired) electrons. The molecule has 0 spiro atoms. The van der Waals surface area contributed by atoms with Crippen molar-refractivity contribution in [1.29, 1.82) is 0 Å². The van der Waals surface area contributed by atoms with Crippen LogP contribution in [0.5, 0.6) is 0 Å². The van der Waals surface area contributed by atoms with Crippen LogP contribution in [0.4, 0.5) is 0 Å². The maximum atomic E-state index is 6.39. The van der Waals surface area contributed by atoms with Gasteiger partial charge in [0.1, 0.15) is 5.15 Å². The standard InChI is InChI=1S/C16H28ClN3/c1-11(2)18-10-14-8-6-5-7-13(14)9-15-12(3)19-20(4)16(15)17/h11,13-14,18H,5-10H2,1-4H3. The van der Waals surface area contributed by atoms with Gasteiger partial charge in [-0.3, -0.25) is 4.68 Å². The zero-order valence-electron chi connectivity index (χ0n) is 13.2. The Labute approximate surface area is 128 Å². The first-order chi connectivity index (χ1) is 9.49. The lowest BCUT2D eigenvalue weighted by atomic mass is 9.76. The lowest BCUT2D eigenvalue weighted by molar-refractivity contribution is 0.224. The van der Waals surface area contributed by atoms with Gasteiger partial charge in [0.25, 0.3) is 0 Å². The minimum absolute atomic E-state index is 0.571. The maximum absolute atomic E-state index is 6.39. The van der Waals surface area contributed by atoms with Crippen molar-refractivity contribution in [2.24, 2.45) is 18.9 Å². The van der Waals surface area contributed by atoms with Gasteiger partial charge in [0.05, 0.1) is 5.69 Å². The highest BCUT2D eigenvalue weighted by atomic mass is 35.5. The highest BCUT2D eigenvalue weighted by Gasteiger charge is 2.27. The number of hydrogen-bond acceptors (Lipinski definition) is 2. The average molecular weight is 298 g/mol. The number of halogens is 1. The molecule has 1 aliphatic rings. The van der Waals surface area contributed by atoms with Crippen molar-refractivity contribution in [3.8, 4) is 0 Å². The Bertz CT molecular complexity index is 439. The summed E-state index contributed by atoms with van der Waals surface area (Å²) >= 11 is 6.39. The van der Waals surface area contributed by atoms with Gasteiger partial charge >= 0.3 is 0 Å². The average Bonchev–Trinajstić information content (AvgIpc) is 2.64. The van der Waals surface area contributed by atoms with E-state index in [0.29, 0.717) is 6.04 Å². The Morgan fingerprint density at radius 3 is 2.50 bits per heavy atom. The van der Waals surface area contributed by atoms with Gasteiger partial charge in [-0.1, -0.05) is 38.3 Å². The van der Waals surface area contributed by atoms with Gasteiger partial charge in [0.2, 0.25) is 0 Å². The second-order valence-electron chi connectivity index (χ2n) is 6.55. The fourth-order valence-electron chi connectivity index (χ4n) is 3.38. The summed E-state index contributed by atoms with van der Waals surface area (Å²) in [4.78, 5) is 0. The topological polar surface area (TPSA) is 29.9 Å². The van der Waals surface area contributed by atoms with Gasteiger partial charge in [-0.05, 0) is 44.6 Å². The molecule has 0 aromatic carbocycles. The molecule has 1 heterocycles. The normalized spacial score (nSPS) is 23.5. The number of nitrogens with one attached hydrogen (secondary N) is 1. The van der Waals surface area contributed by atoms with Gasteiger partial charge in [-0.2, -0.15) is 5.10 Å². The monoisotopic (exact) mass is 297 g/mol. The number of aryl methyl sites for hydroxylation is 2. The SMILES string of the molecule is Cc1nn(C)c(Cl)c1CC1CCCCC1CNC(C)C. The highest BCUT2D eigenvalue weighted by molar-refractivity contribution is 6.30. The summed E-state index contributed by atoms with van der Waals surface area (Å²) in [7, 11) is 1.93. The quantitative estimate of drug-likeness (QED) is 0.897. The molecule has 2 atom stereocenters. The minimum Gasteiger partial charge on any atom is -0.314 e. The molecule has 20 heavy (non-hydrogen) atoms. The van der Waals surface area contributed by atoms with E-state index in [1.165, 1.54) is 31.2 Å². The molecule has 1 fully saturated rings. The molecule has 1 saturated carbocycles. The number of aromatic nitrogens is 2. The van der Waals surface area contributed by atoms with E-state index in [0.717, 1.165) is 35.6 Å². The predicted molar refractivity (Wildman–Crippen MR) is 85.2 cm³/mol. The minimum atomic E-state index is 0.571. The molecular formula is C16H28ClN3. The molecule has 4 heteroatoms. The molecule has 1 aliphatic carbocycles. The molecule has 0 saturated heterocycles. The van der Waals surface area contributed by atoms with Gasteiger partial charge in [-0.15, -0.1) is 0 Å². The fourth-order valence-corrected chi connectivity index (χ4v) is 3.63. The lowest BCUT2D eigenvalue weighted by Crippen LogP contribution is -2.35. The molecule has 2 unspecified atom stereocenters. The highest BCUT2D eigenvalue weighted by Crippen LogP contribution is 2.34. The van der Waals surface area contributed by atoms with Gasteiger partial charge in [0, 0.05) is 18.7 Å². The van der Waals surface area contributed by atoms with Crippen LogP contribution in [-0.2, 0) is 13.5 Å². The Kier molecular flexibility index (Phi) is 5.50. The predicted octanol–water partition coefficient (Wildman–Crippen LogP) is 3.73. The third-order valence-corrected chi connectivity index (χ3v) is 5.06. The Morgan fingerprint density at radius 2 is 1.95 bits per heavy atom. The van der Waals surface area contributed by atoms with Crippen molar-refractivity contribution >= 4 is 11.6 Å². The summed E-state index contributed by atoms with van der Waals surface area (Å²) < 4.78 is 1.80. The van der Waals surface area contributed by atoms with Gasteiger partial charge in [-0.25, -0.2) is 0 Å². The Hall–Kier alpha value is -0.540. The number of hydrogen-bond donors (Lipinski definition) is 1. The molecule has 2 rings (SSSR count). The largest absolute Gasteiger partial charge is 0.314 e. The molecule has 1 N–H and O–H groups in total. The van der Waals surface area contributed by atoms with Crippen LogP contribution in [0.3, 0.4) is 0 Å². The second kappa shape index (κ2) is 6.95. The first kappa shape index (κ1) is 15.8. The van der Waals surface area contributed by atoms with Gasteiger partial charge < -0.3 is 5.32 Å². The second-order valence-corrected chi connectivity index (χ2v) is 6.91. The van der Waals surface area contributed by atoms with E-state index in [1.54, 1.807) is 4.68 Å². The first-order valence-electron chi connectivity index (χ1n) is 7.90. The summed E-state index contributed by atoms with van der Waals surface area (Å²) in [5, 5.41) is 8.88. The van der Waals surface area contributed by atoms with Crippen LogP contribution in [0.15, 0.2) is 0 Å². The Balaban J connectivity index is 2.04. The van der Waals surface area contributed by atoms with Gasteiger partial charge in [0.15, 0.2) is 0 Å². The molecule has 1 aromatic rings. The van der Waals surface area contributed by atoms with Crippen LogP contribution < -0.4 is 5.32 Å². The zero-order chi connectivity index (χ0) is 14.7. The molecule has 0 bridgehead atoms. The zero-order valence-corrected chi connectivity index (χ0v) is 14.0. The van der Waals surface area contributed by atoms with Crippen molar-refractivity contribution in [3.05, 3.63) is 16.4 Å². The summed E-state index contributed by atoms with van der Waals surface area (Å²) in [6.45, 7) is 7.66. The van der Waals surface area contributed by atoms with E-state index >= 15 is 0 Å². The summed E-state index contributed by atoms with van der Waals surface area (Å²) in [6.07, 6.45) is 6.50. The maximum Gasteiger partial charge on any atom is 0.130 e. The van der Waals surface area contributed by atoms with Crippen LogP contribution in [0.25, 0.3) is 0 Å². The third kappa shape index (κ3) is 3.76. The molecule has 114 valence electrons. The smallest absolute Gasteiger partial charge is 0.130 e. The molecule has 1 aromatic heterocycles. The van der Waals surface area contributed by atoms with Crippen molar-refractivity contribution in [2.45, 2.75) is 58.9 Å². The summed E-state index contributed by atoms with van der Waals surface area (Å²) in [6, 6.07) is 0.571. The van der Waals surface area contributed by atoms with Crippen LogP contribution in [-0.4, -0.2) is 22.4 Å². The third-order valence-electron chi connectivity index (χ3n) is 4.59. The van der Waals surface area contributed by atoms with Crippen molar-refractivity contribution < 1.29 is 0 Å². The van der Waals surface area contributed by atoms with E-state index < -0.39 is 0 Å². The van der Waals surface area contributed by atoms with E-state index in [1.807, 2.05) is 7.05 Å². The molecular weight excluding hydrogens is 270 g/mol. The summed E-state index contributed by atoms with van der Waals surface area (Å²) in [5.41, 5.74) is 2.36. The van der Waals surface area contributed by atoms with Crippen LogP contribution in [0.2, 0.25) is 5.15 Å². The van der Waals surface area contributed by atoms with Crippen molar-refractivity contribution in [3.63, 3.8) is 0 Å². The van der Waals surface area contributed by atoms with E-state index in [4.69, 9.17) is 11.6 Å². The molecule has 0 aliphatic heterocycles. The van der Waals surface area contributed by atoms with Crippen LogP contribution in [0, 0.1) is 18.8 Å². The van der Waals surface area contributed by atoms with Crippen LogP contribution in [0.1, 0.15) is 50.8 Å². The van der Waals surface area contributed by atoms with E-state index in [9.17, 15) is 0 Å². The van der Waals surface area contributed by atoms with Crippen molar-refractivity contribution in [1.82, 2.24) is 15.1 Å². The summed E-state index contributed by atoms with van der Waals surface area (Å²) in [5.74, 6) is 1.53. The number of nitrogens with zero attached hydrogens (tertiary/aromatic N) is 2. The van der Waals surface area contributed by atoms with E-state index in [2.05, 4.69) is 31.2 Å². The lowest BCUT2D eigenvalue weighted by Gasteiger charge is -2.32. The first-order valence-corrected chi connectivity index (χ1v) is 8.28. The van der Waals surface area contributed by atoms with Crippen molar-refractivity contribution in [2.75, 3.05) is 6.54 Å². The Morgan fingerprint density at radius 1 is 1.30 bits per heavy atom.